The number of aliphatic hydroxyl groups is 1. The number of aromatic hydroxyl groups is 1. The fraction of sp³-hybridized carbons (Fsp3) is 0.558. The molecule has 1 aromatic heterocycles. The zero-order valence-corrected chi connectivity index (χ0v) is 36.7. The van der Waals surface area contributed by atoms with Crippen LogP contribution in [0.5, 0.6) is 5.75 Å². The van der Waals surface area contributed by atoms with Crippen LogP contribution in [0.25, 0.3) is 0 Å². The highest BCUT2D eigenvalue weighted by atomic mass is 16.5. The number of ether oxygens (including phenoxy) is 1. The summed E-state index contributed by atoms with van der Waals surface area (Å²) in [5, 5.41) is 29.0. The molecule has 2 aromatic rings. The Balaban J connectivity index is 1.84. The first-order valence-corrected chi connectivity index (χ1v) is 20.7. The fourth-order valence-corrected chi connectivity index (χ4v) is 7.60. The molecule has 0 saturated carbocycles. The highest BCUT2D eigenvalue weighted by molar-refractivity contribution is 6.00. The summed E-state index contributed by atoms with van der Waals surface area (Å²) in [6.45, 7) is 9.27. The molecule has 19 heteroatoms. The van der Waals surface area contributed by atoms with E-state index in [1.165, 1.54) is 58.2 Å². The second-order valence-electron chi connectivity index (χ2n) is 16.9. The average molecular weight is 865 g/mol. The van der Waals surface area contributed by atoms with Crippen LogP contribution in [0.3, 0.4) is 0 Å². The lowest BCUT2D eigenvalue weighted by Gasteiger charge is -2.35. The Hall–Kier alpha value is -6.11. The summed E-state index contributed by atoms with van der Waals surface area (Å²) in [7, 11) is 4.11. The van der Waals surface area contributed by atoms with E-state index in [4.69, 9.17) is 4.74 Å². The van der Waals surface area contributed by atoms with Gasteiger partial charge in [-0.1, -0.05) is 58.0 Å². The van der Waals surface area contributed by atoms with Crippen LogP contribution in [0.15, 0.2) is 48.7 Å². The number of rotatable bonds is 7. The lowest BCUT2D eigenvalue weighted by Crippen LogP contribution is -2.60. The smallest absolute Gasteiger partial charge is 0.333 e. The number of fused-ring (bicyclic) bond motifs is 1. The van der Waals surface area contributed by atoms with E-state index < -0.39 is 114 Å². The van der Waals surface area contributed by atoms with E-state index in [2.05, 4.69) is 20.9 Å². The standard InChI is InChI=1S/C43H60N8O11/c1-23(2)18-29-41(59)51-21-28(52)20-31(51)42(60)48(7)22-33(54)49(8)30(19-24(3)4)37(55)45-25(5)40(58)50(9)36(27-14-11-10-12-15-27)43(61)62-26(6)34(38(56)46-29)47-39(57)35-32(53)16-13-17-44-35/h10-17,23-26,28-31,34,36,52-53H,18-22H2,1-9H3,(H,45,55)(H,46,56)(H,47,57)/t25-,26?,28+,29-,30-,31-,34?,36?/m0/s1. The van der Waals surface area contributed by atoms with E-state index in [1.54, 1.807) is 44.2 Å². The number of hydrogen-bond donors (Lipinski definition) is 5. The molecule has 62 heavy (non-hydrogen) atoms. The molecule has 7 amide bonds. The van der Waals surface area contributed by atoms with Crippen molar-refractivity contribution in [3.63, 3.8) is 0 Å². The van der Waals surface area contributed by atoms with Crippen molar-refractivity contribution in [2.45, 2.75) is 109 Å². The largest absolute Gasteiger partial charge is 0.505 e. The monoisotopic (exact) mass is 864 g/mol. The third kappa shape index (κ3) is 11.8. The number of cyclic esters (lactones) is 1. The second-order valence-corrected chi connectivity index (χ2v) is 16.9. The molecule has 0 radical (unpaired) electrons. The molecule has 2 aliphatic rings. The fourth-order valence-electron chi connectivity index (χ4n) is 7.60. The van der Waals surface area contributed by atoms with Crippen LogP contribution in [0.2, 0.25) is 0 Å². The highest BCUT2D eigenvalue weighted by Crippen LogP contribution is 2.26. The van der Waals surface area contributed by atoms with E-state index in [0.717, 1.165) is 14.7 Å². The number of likely N-dealkylation sites (N-methyl/N-ethyl adjacent to an activating group) is 3. The minimum absolute atomic E-state index is 0.0353. The zero-order valence-electron chi connectivity index (χ0n) is 36.7. The number of carbonyl (C=O) groups is 8. The first-order chi connectivity index (χ1) is 29.1. The molecule has 3 unspecified atom stereocenters. The maximum absolute atomic E-state index is 14.4. The van der Waals surface area contributed by atoms with Gasteiger partial charge in [0, 0.05) is 40.3 Å². The number of pyridine rings is 1. The molecule has 4 rings (SSSR count). The topological polar surface area (TPSA) is 248 Å². The van der Waals surface area contributed by atoms with Crippen LogP contribution in [0, 0.1) is 11.8 Å². The quantitative estimate of drug-likeness (QED) is 0.237. The van der Waals surface area contributed by atoms with Gasteiger partial charge in [0.15, 0.2) is 11.7 Å². The summed E-state index contributed by atoms with van der Waals surface area (Å²) < 4.78 is 5.89. The van der Waals surface area contributed by atoms with Crippen molar-refractivity contribution in [2.75, 3.05) is 34.2 Å². The lowest BCUT2D eigenvalue weighted by molar-refractivity contribution is -0.161. The molecular weight excluding hydrogens is 805 g/mol. The van der Waals surface area contributed by atoms with Crippen LogP contribution in [0.1, 0.15) is 82.9 Å². The molecule has 19 nitrogen and oxygen atoms in total. The Bertz CT molecular complexity index is 1980. The van der Waals surface area contributed by atoms with Gasteiger partial charge in [0.25, 0.3) is 5.91 Å². The van der Waals surface area contributed by atoms with Crippen LogP contribution in [-0.2, 0) is 38.3 Å². The van der Waals surface area contributed by atoms with Gasteiger partial charge in [-0.15, -0.1) is 0 Å². The minimum Gasteiger partial charge on any atom is -0.505 e. The van der Waals surface area contributed by atoms with E-state index in [0.29, 0.717) is 5.56 Å². The van der Waals surface area contributed by atoms with Crippen LogP contribution in [-0.4, -0.2) is 159 Å². The molecule has 5 N–H and O–H groups in total. The number of aliphatic hydroxyl groups excluding tert-OH is 1. The molecule has 1 aromatic carbocycles. The van der Waals surface area contributed by atoms with Crippen molar-refractivity contribution < 1.29 is 53.3 Å². The average Bonchev–Trinajstić information content (AvgIpc) is 3.61. The van der Waals surface area contributed by atoms with E-state index in [1.807, 2.05) is 13.8 Å². The van der Waals surface area contributed by atoms with Crippen molar-refractivity contribution >= 4 is 47.3 Å². The van der Waals surface area contributed by atoms with Crippen molar-refractivity contribution in [3.8, 4) is 5.75 Å². The Morgan fingerprint density at radius 3 is 2.11 bits per heavy atom. The summed E-state index contributed by atoms with van der Waals surface area (Å²) in [5.74, 6) is -7.25. The molecule has 2 saturated heterocycles. The number of nitrogens with one attached hydrogen (secondary N) is 3. The molecule has 8 atom stereocenters. The number of aromatic nitrogens is 1. The summed E-state index contributed by atoms with van der Waals surface area (Å²) in [5.41, 5.74) is -0.143. The molecule has 338 valence electrons. The molecule has 3 heterocycles. The maximum atomic E-state index is 14.4. The molecule has 0 bridgehead atoms. The van der Waals surface area contributed by atoms with Gasteiger partial charge in [0.05, 0.1) is 12.6 Å². The third-order valence-electron chi connectivity index (χ3n) is 10.9. The van der Waals surface area contributed by atoms with Gasteiger partial charge >= 0.3 is 5.97 Å². The Kier molecular flexibility index (Phi) is 16.5. The Morgan fingerprint density at radius 2 is 1.50 bits per heavy atom. The normalized spacial score (nSPS) is 26.7. The zero-order chi connectivity index (χ0) is 46.2. The van der Waals surface area contributed by atoms with E-state index in [9.17, 15) is 48.6 Å². The van der Waals surface area contributed by atoms with Gasteiger partial charge in [-0.2, -0.15) is 0 Å². The van der Waals surface area contributed by atoms with Gasteiger partial charge in [0.1, 0.15) is 42.1 Å². The Morgan fingerprint density at radius 1 is 0.855 bits per heavy atom. The number of carbonyl (C=O) groups excluding carboxylic acids is 8. The second kappa shape index (κ2) is 21.1. The van der Waals surface area contributed by atoms with Gasteiger partial charge in [-0.25, -0.2) is 9.78 Å². The van der Waals surface area contributed by atoms with Gasteiger partial charge in [-0.3, -0.25) is 33.6 Å². The predicted octanol–water partition coefficient (Wildman–Crippen LogP) is 0.360. The Labute approximate surface area is 361 Å². The van der Waals surface area contributed by atoms with Gasteiger partial charge < -0.3 is 50.5 Å². The van der Waals surface area contributed by atoms with Crippen LogP contribution < -0.4 is 16.0 Å². The molecule has 0 aliphatic carbocycles. The van der Waals surface area contributed by atoms with Gasteiger partial charge in [0.2, 0.25) is 35.4 Å². The lowest BCUT2D eigenvalue weighted by atomic mass is 10.0. The molecule has 2 aliphatic heterocycles. The van der Waals surface area contributed by atoms with Crippen molar-refractivity contribution in [2.24, 2.45) is 11.8 Å². The molecule has 0 spiro atoms. The van der Waals surface area contributed by atoms with E-state index >= 15 is 0 Å². The predicted molar refractivity (Wildman–Crippen MR) is 223 cm³/mol. The SMILES string of the molecule is CC(C)C[C@@H]1NC(=O)C(NC(=O)c2ncccc2O)C(C)OC(=O)C(c2ccccc2)N(C)C(=O)[C@H](C)NC(=O)[C@H](CC(C)C)N(C)C(=O)CN(C)C(=O)[C@@H]2C[C@@H](O)CN2C1=O. The number of amides is 7. The van der Waals surface area contributed by atoms with Crippen molar-refractivity contribution in [1.82, 2.24) is 40.5 Å². The maximum Gasteiger partial charge on any atom is 0.333 e. The summed E-state index contributed by atoms with van der Waals surface area (Å²) in [6, 6.07) is 2.66. The number of nitrogens with zero attached hydrogens (tertiary/aromatic N) is 5. The third-order valence-corrected chi connectivity index (χ3v) is 10.9. The summed E-state index contributed by atoms with van der Waals surface area (Å²) in [6.07, 6.45) is -1.32. The van der Waals surface area contributed by atoms with Crippen LogP contribution >= 0.6 is 0 Å². The molecular formula is C43H60N8O11. The van der Waals surface area contributed by atoms with Crippen molar-refractivity contribution in [1.29, 1.82) is 0 Å². The number of hydrogen-bond acceptors (Lipinski definition) is 12. The summed E-state index contributed by atoms with van der Waals surface area (Å²) >= 11 is 0. The number of benzene rings is 1. The number of esters is 1. The summed E-state index contributed by atoms with van der Waals surface area (Å²) in [4.78, 5) is 121. The van der Waals surface area contributed by atoms with E-state index in [-0.39, 0.29) is 37.6 Å². The minimum atomic E-state index is -1.74. The first kappa shape index (κ1) is 48.6. The molecule has 2 fully saturated rings. The van der Waals surface area contributed by atoms with Crippen LogP contribution in [0.4, 0.5) is 0 Å². The van der Waals surface area contributed by atoms with Crippen molar-refractivity contribution in [3.05, 3.63) is 59.9 Å². The highest BCUT2D eigenvalue weighted by Gasteiger charge is 2.45. The van der Waals surface area contributed by atoms with Gasteiger partial charge in [-0.05, 0) is 56.2 Å². The first-order valence-electron chi connectivity index (χ1n) is 20.7.